The molecule has 0 fully saturated rings. The summed E-state index contributed by atoms with van der Waals surface area (Å²) in [6.45, 7) is 3.63. The van der Waals surface area contributed by atoms with E-state index in [0.29, 0.717) is 27.1 Å². The second-order valence-electron chi connectivity index (χ2n) is 7.67. The normalized spacial score (nSPS) is 11.2. The molecule has 0 saturated heterocycles. The van der Waals surface area contributed by atoms with E-state index in [-0.39, 0.29) is 17.0 Å². The molecule has 4 rings (SSSR count). The minimum atomic E-state index is -0.711. The molecule has 0 bridgehead atoms. The molecule has 0 aliphatic heterocycles. The summed E-state index contributed by atoms with van der Waals surface area (Å²) in [4.78, 5) is 30.7. The standard InChI is InChI=1S/C26H18Cl2N4O3/c1-15-5-4-10-32-23(15)31-25(35-20-8-9-22(28)16(2)11-20)21(26(32)34)12-17(14-29)24(33)30-19-7-3-6-18(27)13-19/h3-13H,1-2H3,(H,30,33)/b17-12-. The molecule has 0 radical (unpaired) electrons. The van der Waals surface area contributed by atoms with Crippen LogP contribution >= 0.6 is 23.2 Å². The van der Waals surface area contributed by atoms with E-state index >= 15 is 0 Å². The molecule has 7 nitrogen and oxygen atoms in total. The number of ether oxygens (including phenoxy) is 1. The minimum absolute atomic E-state index is 0.0469. The van der Waals surface area contributed by atoms with E-state index in [2.05, 4.69) is 10.3 Å². The number of nitrogens with one attached hydrogen (secondary N) is 1. The second kappa shape index (κ2) is 10.0. The summed E-state index contributed by atoms with van der Waals surface area (Å²) in [5, 5.41) is 13.3. The number of carbonyl (C=O) groups excluding carboxylic acids is 1. The maximum absolute atomic E-state index is 13.4. The van der Waals surface area contributed by atoms with Crippen molar-refractivity contribution >= 4 is 46.5 Å². The number of aryl methyl sites for hydroxylation is 2. The summed E-state index contributed by atoms with van der Waals surface area (Å²) >= 11 is 12.1. The van der Waals surface area contributed by atoms with E-state index in [1.165, 1.54) is 10.5 Å². The lowest BCUT2D eigenvalue weighted by molar-refractivity contribution is -0.112. The van der Waals surface area contributed by atoms with Gasteiger partial charge in [0.05, 0.1) is 0 Å². The van der Waals surface area contributed by atoms with Gasteiger partial charge in [0.2, 0.25) is 5.88 Å². The molecule has 1 amide bonds. The molecule has 0 saturated carbocycles. The third kappa shape index (κ3) is 5.19. The highest BCUT2D eigenvalue weighted by Crippen LogP contribution is 2.28. The van der Waals surface area contributed by atoms with Crippen LogP contribution in [-0.2, 0) is 4.79 Å². The van der Waals surface area contributed by atoms with E-state index in [4.69, 9.17) is 27.9 Å². The Morgan fingerprint density at radius 3 is 2.63 bits per heavy atom. The van der Waals surface area contributed by atoms with Crippen LogP contribution in [0.1, 0.15) is 16.7 Å². The van der Waals surface area contributed by atoms with Crippen molar-refractivity contribution in [1.29, 1.82) is 5.26 Å². The Morgan fingerprint density at radius 2 is 1.91 bits per heavy atom. The first-order chi connectivity index (χ1) is 16.8. The van der Waals surface area contributed by atoms with Gasteiger partial charge in [-0.2, -0.15) is 10.2 Å². The fourth-order valence-corrected chi connectivity index (χ4v) is 3.65. The molecule has 35 heavy (non-hydrogen) atoms. The van der Waals surface area contributed by atoms with Crippen molar-refractivity contribution in [1.82, 2.24) is 9.38 Å². The minimum Gasteiger partial charge on any atom is -0.438 e. The number of benzene rings is 2. The summed E-state index contributed by atoms with van der Waals surface area (Å²) in [5.74, 6) is -0.362. The van der Waals surface area contributed by atoms with E-state index < -0.39 is 11.5 Å². The zero-order valence-corrected chi connectivity index (χ0v) is 20.2. The van der Waals surface area contributed by atoms with Crippen molar-refractivity contribution in [2.75, 3.05) is 5.32 Å². The molecule has 0 spiro atoms. The van der Waals surface area contributed by atoms with Gasteiger partial charge in [-0.05, 0) is 73.5 Å². The van der Waals surface area contributed by atoms with Gasteiger partial charge in [0, 0.05) is 21.9 Å². The monoisotopic (exact) mass is 504 g/mol. The lowest BCUT2D eigenvalue weighted by Gasteiger charge is -2.12. The molecule has 1 N–H and O–H groups in total. The average molecular weight is 505 g/mol. The number of halogens is 2. The summed E-state index contributed by atoms with van der Waals surface area (Å²) < 4.78 is 7.30. The summed E-state index contributed by atoms with van der Waals surface area (Å²) in [7, 11) is 0. The van der Waals surface area contributed by atoms with Gasteiger partial charge in [-0.1, -0.05) is 35.3 Å². The lowest BCUT2D eigenvalue weighted by Crippen LogP contribution is -2.20. The number of hydrogen-bond donors (Lipinski definition) is 1. The summed E-state index contributed by atoms with van der Waals surface area (Å²) in [5.41, 5.74) is 1.44. The molecule has 2 aromatic heterocycles. The number of fused-ring (bicyclic) bond motifs is 1. The van der Waals surface area contributed by atoms with Crippen LogP contribution in [0.3, 0.4) is 0 Å². The van der Waals surface area contributed by atoms with Crippen LogP contribution in [0.2, 0.25) is 10.0 Å². The molecule has 9 heteroatoms. The van der Waals surface area contributed by atoms with Crippen LogP contribution < -0.4 is 15.6 Å². The van der Waals surface area contributed by atoms with E-state index in [9.17, 15) is 14.9 Å². The first-order valence-electron chi connectivity index (χ1n) is 10.4. The second-order valence-corrected chi connectivity index (χ2v) is 8.51. The lowest BCUT2D eigenvalue weighted by atomic mass is 10.1. The predicted molar refractivity (Wildman–Crippen MR) is 136 cm³/mol. The van der Waals surface area contributed by atoms with Gasteiger partial charge in [-0.3, -0.25) is 14.0 Å². The van der Waals surface area contributed by atoms with Crippen molar-refractivity contribution in [3.8, 4) is 17.7 Å². The molecule has 0 unspecified atom stereocenters. The Hall–Kier alpha value is -4.12. The van der Waals surface area contributed by atoms with E-state index in [1.807, 2.05) is 26.0 Å². The summed E-state index contributed by atoms with van der Waals surface area (Å²) in [6.07, 6.45) is 2.73. The Kier molecular flexibility index (Phi) is 6.87. The quantitative estimate of drug-likeness (QED) is 0.267. The van der Waals surface area contributed by atoms with Gasteiger partial charge in [0.25, 0.3) is 11.5 Å². The average Bonchev–Trinajstić information content (AvgIpc) is 2.82. The van der Waals surface area contributed by atoms with Crippen molar-refractivity contribution in [2.45, 2.75) is 13.8 Å². The van der Waals surface area contributed by atoms with Gasteiger partial charge in [-0.25, -0.2) is 0 Å². The maximum Gasteiger partial charge on any atom is 0.269 e. The molecule has 174 valence electrons. The van der Waals surface area contributed by atoms with Gasteiger partial charge < -0.3 is 10.1 Å². The molecule has 4 aromatic rings. The molecule has 0 atom stereocenters. The SMILES string of the molecule is Cc1cc(Oc2nc3c(C)cccn3c(=O)c2/C=C(/C#N)C(=O)Nc2cccc(Cl)c2)ccc1Cl. The Morgan fingerprint density at radius 1 is 1.11 bits per heavy atom. The zero-order valence-electron chi connectivity index (χ0n) is 18.7. The first-order valence-corrected chi connectivity index (χ1v) is 11.2. The van der Waals surface area contributed by atoms with Crippen LogP contribution in [-0.4, -0.2) is 15.3 Å². The number of nitrogens with zero attached hydrogens (tertiary/aromatic N) is 3. The zero-order chi connectivity index (χ0) is 25.1. The largest absolute Gasteiger partial charge is 0.438 e. The number of rotatable bonds is 5. The number of anilines is 1. The van der Waals surface area contributed by atoms with E-state index in [0.717, 1.165) is 11.1 Å². The predicted octanol–water partition coefficient (Wildman–Crippen LogP) is 5.96. The van der Waals surface area contributed by atoms with Gasteiger partial charge in [0.15, 0.2) is 0 Å². The number of amides is 1. The third-order valence-corrected chi connectivity index (χ3v) is 5.79. The van der Waals surface area contributed by atoms with Gasteiger partial charge in [-0.15, -0.1) is 0 Å². The van der Waals surface area contributed by atoms with Crippen LogP contribution in [0.5, 0.6) is 11.6 Å². The fourth-order valence-electron chi connectivity index (χ4n) is 3.34. The van der Waals surface area contributed by atoms with Gasteiger partial charge >= 0.3 is 0 Å². The van der Waals surface area contributed by atoms with Crippen molar-refractivity contribution in [3.05, 3.63) is 103 Å². The molecular weight excluding hydrogens is 487 g/mol. The molecular formula is C26H18Cl2N4O3. The highest BCUT2D eigenvalue weighted by atomic mass is 35.5. The Bertz CT molecular complexity index is 1600. The van der Waals surface area contributed by atoms with Crippen LogP contribution in [0.4, 0.5) is 5.69 Å². The summed E-state index contributed by atoms with van der Waals surface area (Å²) in [6, 6.07) is 16.9. The topological polar surface area (TPSA) is 96.5 Å². The third-order valence-electron chi connectivity index (χ3n) is 5.13. The van der Waals surface area contributed by atoms with E-state index in [1.54, 1.807) is 54.7 Å². The smallest absolute Gasteiger partial charge is 0.269 e. The number of carbonyl (C=O) groups is 1. The molecule has 2 aromatic carbocycles. The highest BCUT2D eigenvalue weighted by molar-refractivity contribution is 6.31. The number of hydrogen-bond acceptors (Lipinski definition) is 5. The van der Waals surface area contributed by atoms with Crippen LogP contribution in [0.15, 0.2) is 71.2 Å². The van der Waals surface area contributed by atoms with Crippen LogP contribution in [0.25, 0.3) is 11.7 Å². The van der Waals surface area contributed by atoms with Crippen molar-refractivity contribution in [2.24, 2.45) is 0 Å². The number of pyridine rings is 1. The fraction of sp³-hybridized carbons (Fsp3) is 0.0769. The maximum atomic E-state index is 13.4. The van der Waals surface area contributed by atoms with Gasteiger partial charge in [0.1, 0.15) is 28.6 Å². The van der Waals surface area contributed by atoms with Crippen LogP contribution in [0, 0.1) is 25.2 Å². The first kappa shape index (κ1) is 24.0. The molecule has 0 aliphatic rings. The molecule has 0 aliphatic carbocycles. The molecule has 2 heterocycles. The van der Waals surface area contributed by atoms with Crippen molar-refractivity contribution in [3.63, 3.8) is 0 Å². The number of nitriles is 1. The Balaban J connectivity index is 1.84. The Labute approximate surface area is 210 Å². The van der Waals surface area contributed by atoms with Crippen molar-refractivity contribution < 1.29 is 9.53 Å². The number of aromatic nitrogens is 2. The highest BCUT2D eigenvalue weighted by Gasteiger charge is 2.18.